The quantitative estimate of drug-likeness (QED) is 0.625. The van der Waals surface area contributed by atoms with Gasteiger partial charge in [-0.3, -0.25) is 0 Å². The first kappa shape index (κ1) is 12.9. The third kappa shape index (κ3) is 8.21. The van der Waals surface area contributed by atoms with Crippen LogP contribution in [0.4, 0.5) is 0 Å². The summed E-state index contributed by atoms with van der Waals surface area (Å²) in [6, 6.07) is 0. The number of sulfonamides is 1. The highest BCUT2D eigenvalue weighted by Crippen LogP contribution is 1.91. The van der Waals surface area contributed by atoms with Crippen LogP contribution in [0.3, 0.4) is 0 Å². The first-order chi connectivity index (χ1) is 5.98. The zero-order chi connectivity index (χ0) is 10.3. The van der Waals surface area contributed by atoms with Crippen molar-refractivity contribution in [2.24, 2.45) is 5.92 Å². The molecular weight excluding hydrogens is 190 g/mol. The summed E-state index contributed by atoms with van der Waals surface area (Å²) in [4.78, 5) is 0. The Balaban J connectivity index is 3.37. The van der Waals surface area contributed by atoms with E-state index in [0.29, 0.717) is 25.7 Å². The fourth-order valence-corrected chi connectivity index (χ4v) is 1.29. The van der Waals surface area contributed by atoms with Gasteiger partial charge < -0.3 is 4.74 Å². The van der Waals surface area contributed by atoms with Gasteiger partial charge in [0.05, 0.1) is 12.4 Å². The SMILES string of the molecule is CCS(=O)(=O)NCCOCC(C)C. The molecule has 0 aliphatic carbocycles. The predicted octanol–water partition coefficient (Wildman–Crippen LogP) is 0.598. The Hall–Kier alpha value is -0.130. The molecule has 0 aromatic rings. The first-order valence-corrected chi connectivity index (χ1v) is 6.18. The fraction of sp³-hybridized carbons (Fsp3) is 1.00. The van der Waals surface area contributed by atoms with Gasteiger partial charge in [0, 0.05) is 13.2 Å². The van der Waals surface area contributed by atoms with Gasteiger partial charge in [-0.15, -0.1) is 0 Å². The van der Waals surface area contributed by atoms with Crippen molar-refractivity contribution in [2.75, 3.05) is 25.5 Å². The maximum Gasteiger partial charge on any atom is 0.211 e. The molecule has 0 radical (unpaired) electrons. The minimum atomic E-state index is -3.05. The summed E-state index contributed by atoms with van der Waals surface area (Å²) in [5.41, 5.74) is 0. The lowest BCUT2D eigenvalue weighted by molar-refractivity contribution is 0.114. The molecule has 0 atom stereocenters. The summed E-state index contributed by atoms with van der Waals surface area (Å²) in [7, 11) is -3.05. The van der Waals surface area contributed by atoms with Gasteiger partial charge in [-0.05, 0) is 12.8 Å². The number of nitrogens with one attached hydrogen (secondary N) is 1. The molecule has 0 aromatic heterocycles. The highest BCUT2D eigenvalue weighted by atomic mass is 32.2. The van der Waals surface area contributed by atoms with Crippen LogP contribution in [0.25, 0.3) is 0 Å². The Morgan fingerprint density at radius 2 is 2.00 bits per heavy atom. The van der Waals surface area contributed by atoms with Gasteiger partial charge >= 0.3 is 0 Å². The lowest BCUT2D eigenvalue weighted by Gasteiger charge is -2.07. The van der Waals surface area contributed by atoms with E-state index in [4.69, 9.17) is 4.74 Å². The summed E-state index contributed by atoms with van der Waals surface area (Å²) < 4.78 is 29.5. The molecule has 0 saturated carbocycles. The van der Waals surface area contributed by atoms with E-state index in [9.17, 15) is 8.42 Å². The average Bonchev–Trinajstić information content (AvgIpc) is 2.03. The lowest BCUT2D eigenvalue weighted by Crippen LogP contribution is -2.29. The van der Waals surface area contributed by atoms with Crippen molar-refractivity contribution in [1.82, 2.24) is 4.72 Å². The summed E-state index contributed by atoms with van der Waals surface area (Å²) >= 11 is 0. The number of hydrogen-bond acceptors (Lipinski definition) is 3. The van der Waals surface area contributed by atoms with Crippen LogP contribution in [-0.4, -0.2) is 33.9 Å². The largest absolute Gasteiger partial charge is 0.380 e. The molecule has 0 bridgehead atoms. The second kappa shape index (κ2) is 6.34. The number of hydrogen-bond donors (Lipinski definition) is 1. The van der Waals surface area contributed by atoms with Crippen LogP contribution in [0.5, 0.6) is 0 Å². The zero-order valence-corrected chi connectivity index (χ0v) is 9.36. The van der Waals surface area contributed by atoms with Gasteiger partial charge in [-0.25, -0.2) is 13.1 Å². The lowest BCUT2D eigenvalue weighted by atomic mass is 10.2. The normalized spacial score (nSPS) is 12.3. The second-order valence-corrected chi connectivity index (χ2v) is 5.36. The van der Waals surface area contributed by atoms with E-state index in [2.05, 4.69) is 18.6 Å². The smallest absolute Gasteiger partial charge is 0.211 e. The van der Waals surface area contributed by atoms with Gasteiger partial charge in [0.15, 0.2) is 0 Å². The van der Waals surface area contributed by atoms with Crippen molar-refractivity contribution in [3.05, 3.63) is 0 Å². The van der Waals surface area contributed by atoms with Crippen molar-refractivity contribution < 1.29 is 13.2 Å². The Kier molecular flexibility index (Phi) is 6.28. The van der Waals surface area contributed by atoms with Crippen LogP contribution < -0.4 is 4.72 Å². The van der Waals surface area contributed by atoms with Gasteiger partial charge in [0.25, 0.3) is 0 Å². The molecule has 0 aliphatic heterocycles. The van der Waals surface area contributed by atoms with Crippen molar-refractivity contribution >= 4 is 10.0 Å². The molecule has 0 aromatic carbocycles. The van der Waals surface area contributed by atoms with Gasteiger partial charge in [-0.1, -0.05) is 13.8 Å². The third-order valence-corrected chi connectivity index (χ3v) is 2.80. The minimum Gasteiger partial charge on any atom is -0.380 e. The Bertz CT molecular complexity index is 211. The Labute approximate surface area is 80.7 Å². The summed E-state index contributed by atoms with van der Waals surface area (Å²) in [5, 5.41) is 0. The molecule has 0 aliphatic rings. The van der Waals surface area contributed by atoms with Gasteiger partial charge in [0.1, 0.15) is 0 Å². The van der Waals surface area contributed by atoms with Crippen LogP contribution in [0.15, 0.2) is 0 Å². The van der Waals surface area contributed by atoms with Gasteiger partial charge in [-0.2, -0.15) is 0 Å². The van der Waals surface area contributed by atoms with Crippen LogP contribution in [-0.2, 0) is 14.8 Å². The number of rotatable bonds is 7. The summed E-state index contributed by atoms with van der Waals surface area (Å²) in [6.45, 7) is 7.19. The number of ether oxygens (including phenoxy) is 1. The van der Waals surface area contributed by atoms with Crippen LogP contribution in [0, 0.1) is 5.92 Å². The van der Waals surface area contributed by atoms with Crippen LogP contribution >= 0.6 is 0 Å². The molecule has 80 valence electrons. The molecule has 0 amide bonds. The molecule has 0 saturated heterocycles. The molecular formula is C8H19NO3S. The van der Waals surface area contributed by atoms with E-state index < -0.39 is 10.0 Å². The minimum absolute atomic E-state index is 0.122. The van der Waals surface area contributed by atoms with Crippen molar-refractivity contribution in [3.63, 3.8) is 0 Å². The molecule has 5 heteroatoms. The second-order valence-electron chi connectivity index (χ2n) is 3.27. The average molecular weight is 209 g/mol. The highest BCUT2D eigenvalue weighted by Gasteiger charge is 2.04. The van der Waals surface area contributed by atoms with E-state index in [1.54, 1.807) is 6.92 Å². The van der Waals surface area contributed by atoms with Crippen molar-refractivity contribution in [3.8, 4) is 0 Å². The molecule has 0 heterocycles. The van der Waals surface area contributed by atoms with E-state index in [1.807, 2.05) is 0 Å². The van der Waals surface area contributed by atoms with E-state index >= 15 is 0 Å². The Morgan fingerprint density at radius 3 is 2.46 bits per heavy atom. The molecule has 1 N–H and O–H groups in total. The fourth-order valence-electron chi connectivity index (χ4n) is 0.690. The molecule has 0 spiro atoms. The molecule has 0 unspecified atom stereocenters. The molecule has 0 fully saturated rings. The standard InChI is InChI=1S/C8H19NO3S/c1-4-13(10,11)9-5-6-12-7-8(2)3/h8-9H,4-7H2,1-3H3. The van der Waals surface area contributed by atoms with Crippen LogP contribution in [0.1, 0.15) is 20.8 Å². The molecule has 4 nitrogen and oxygen atoms in total. The summed E-state index contributed by atoms with van der Waals surface area (Å²) in [6.07, 6.45) is 0. The topological polar surface area (TPSA) is 55.4 Å². The van der Waals surface area contributed by atoms with E-state index in [-0.39, 0.29) is 5.75 Å². The Morgan fingerprint density at radius 1 is 1.38 bits per heavy atom. The first-order valence-electron chi connectivity index (χ1n) is 4.53. The zero-order valence-electron chi connectivity index (χ0n) is 8.54. The van der Waals surface area contributed by atoms with Crippen molar-refractivity contribution in [1.29, 1.82) is 0 Å². The van der Waals surface area contributed by atoms with Gasteiger partial charge in [0.2, 0.25) is 10.0 Å². The predicted molar refractivity (Wildman–Crippen MR) is 53.1 cm³/mol. The van der Waals surface area contributed by atoms with E-state index in [1.165, 1.54) is 0 Å². The highest BCUT2D eigenvalue weighted by molar-refractivity contribution is 7.89. The third-order valence-electron chi connectivity index (χ3n) is 1.40. The summed E-state index contributed by atoms with van der Waals surface area (Å²) in [5.74, 6) is 0.611. The monoisotopic (exact) mass is 209 g/mol. The van der Waals surface area contributed by atoms with E-state index in [0.717, 1.165) is 0 Å². The molecule has 0 rings (SSSR count). The maximum atomic E-state index is 10.9. The maximum absolute atomic E-state index is 10.9. The van der Waals surface area contributed by atoms with Crippen molar-refractivity contribution in [2.45, 2.75) is 20.8 Å². The van der Waals surface area contributed by atoms with Crippen LogP contribution in [0.2, 0.25) is 0 Å². The molecule has 13 heavy (non-hydrogen) atoms.